The van der Waals surface area contributed by atoms with E-state index in [9.17, 15) is 33.9 Å². The van der Waals surface area contributed by atoms with Gasteiger partial charge in [-0.25, -0.2) is 29.3 Å². The van der Waals surface area contributed by atoms with E-state index in [0.717, 1.165) is 155 Å². The Morgan fingerprint density at radius 1 is 0.422 bits per heavy atom. The number of aromatic amines is 4. The van der Waals surface area contributed by atoms with Crippen molar-refractivity contribution in [1.82, 2.24) is 79.5 Å². The minimum atomic E-state index is -0.882. The molecule has 0 fully saturated rings. The van der Waals surface area contributed by atoms with Gasteiger partial charge in [0.1, 0.15) is 23.0 Å². The standard InChI is InChI=1S/C26H25N5O2.C26H23N5O2.C13H14N2O2.C12H9N3.C9H7NO/c2*1-2-3-11-28-26(33)31-12-9-19-20(7-4-8-23(19)31)24(32)22-16-30-25-21(22)13-18(15-29-25)17-6-5-10-27-14-17;1-2-7-14-13(17)15-8-6-11-10(9-16)4-3-5-12(11)15;1-2-10(7-13-4-1)11-6-9-3-5-14-12(9)15-8-11;11-6-7-2-1-3-9-8(7)4-5-10-9/h4-10,12-16,24,32H,2-3,11H2,1H3,(H,28,33)(H,29,30);4-10,12-16H,2-3,11H2,1H3,(H,28,33)(H,29,30);3-6,8-9H,2,7H2,1H3,(H,14,17);1-8H,(H,14,15);1-6,10H. The molecular weight excluding hydrogens is 1370 g/mol. The number of amides is 3. The number of fused-ring (bicyclic) bond motifs is 7. The van der Waals surface area contributed by atoms with Crippen LogP contribution in [0.15, 0.2) is 257 Å². The summed E-state index contributed by atoms with van der Waals surface area (Å²) in [6, 6.07) is 48.7. The highest BCUT2D eigenvalue weighted by molar-refractivity contribution is 6.21. The van der Waals surface area contributed by atoms with Gasteiger partial charge in [-0.3, -0.25) is 43.0 Å². The average molecular weight is 1450 g/mol. The van der Waals surface area contributed by atoms with Crippen molar-refractivity contribution in [2.24, 2.45) is 0 Å². The number of carbonyl (C=O) groups excluding carboxylic acids is 6. The van der Waals surface area contributed by atoms with E-state index in [1.165, 1.54) is 4.57 Å². The third-order valence-electron chi connectivity index (χ3n) is 18.5. The fourth-order valence-corrected chi connectivity index (χ4v) is 12.8. The number of carbonyl (C=O) groups is 6. The summed E-state index contributed by atoms with van der Waals surface area (Å²) >= 11 is 0. The van der Waals surface area contributed by atoms with Gasteiger partial charge in [-0.15, -0.1) is 0 Å². The van der Waals surface area contributed by atoms with Crippen molar-refractivity contribution >= 4 is 113 Å². The lowest BCUT2D eigenvalue weighted by Crippen LogP contribution is -2.28. The maximum Gasteiger partial charge on any atom is 0.326 e. The number of unbranched alkanes of at least 4 members (excludes halogenated alkanes) is 2. The van der Waals surface area contributed by atoms with Crippen LogP contribution in [0.1, 0.15) is 107 Å². The molecule has 8 N–H and O–H groups in total. The van der Waals surface area contributed by atoms with E-state index in [1.54, 1.807) is 114 Å². The molecule has 4 aromatic carbocycles. The van der Waals surface area contributed by atoms with Crippen LogP contribution in [0, 0.1) is 0 Å². The van der Waals surface area contributed by atoms with Gasteiger partial charge in [0.25, 0.3) is 0 Å². The zero-order valence-corrected chi connectivity index (χ0v) is 60.1. The lowest BCUT2D eigenvalue weighted by Gasteiger charge is -2.13. The SMILES string of the molecule is CCCCNC(=O)n1ccc2c(C(=O)c3c[nH]c4ncc(-c5cccnc5)cc34)cccc21.CCCCNC(=O)n1ccc2c(C(O)c3c[nH]c4ncc(-c5cccnc5)cc34)cccc21.CCCNC(=O)n1ccc2c(C=O)cccc21.O=Cc1cccc2[nH]ccc12.c1cncc(-c2cnc3[nH]ccc3c2)c1. The monoisotopic (exact) mass is 1450 g/mol. The van der Waals surface area contributed by atoms with Crippen molar-refractivity contribution in [2.45, 2.75) is 59.0 Å². The van der Waals surface area contributed by atoms with Crippen LogP contribution in [0.3, 0.4) is 0 Å². The number of benzene rings is 4. The Balaban J connectivity index is 0.000000127. The van der Waals surface area contributed by atoms with Crippen molar-refractivity contribution in [3.63, 3.8) is 0 Å². The molecule has 13 heterocycles. The molecule has 0 spiro atoms. The number of aliphatic hydroxyl groups is 1. The fourth-order valence-electron chi connectivity index (χ4n) is 12.8. The van der Waals surface area contributed by atoms with Crippen LogP contribution < -0.4 is 16.0 Å². The van der Waals surface area contributed by atoms with Crippen molar-refractivity contribution < 1.29 is 33.9 Å². The van der Waals surface area contributed by atoms with Crippen molar-refractivity contribution in [3.8, 4) is 33.4 Å². The number of hydrogen-bond donors (Lipinski definition) is 8. The number of pyridine rings is 6. The minimum absolute atomic E-state index is 0.124. The molecule has 0 saturated carbocycles. The molecule has 0 aliphatic heterocycles. The molecule has 0 saturated heterocycles. The second kappa shape index (κ2) is 34.7. The lowest BCUT2D eigenvalue weighted by molar-refractivity contribution is 0.104. The molecule has 0 bridgehead atoms. The van der Waals surface area contributed by atoms with Crippen LogP contribution >= 0.6 is 0 Å². The molecule has 0 aliphatic carbocycles. The Bertz CT molecular complexity index is 6030. The fraction of sp³-hybridized carbons (Fsp3) is 0.140. The second-order valence-corrected chi connectivity index (χ2v) is 25.6. The number of hydrogen-bond acceptors (Lipinski definition) is 13. The van der Waals surface area contributed by atoms with E-state index in [1.807, 2.05) is 153 Å². The Morgan fingerprint density at radius 2 is 0.917 bits per heavy atom. The van der Waals surface area contributed by atoms with Crippen molar-refractivity contribution in [3.05, 3.63) is 290 Å². The third kappa shape index (κ3) is 16.4. The Labute approximate surface area is 625 Å². The van der Waals surface area contributed by atoms with E-state index in [0.29, 0.717) is 53.1 Å². The van der Waals surface area contributed by atoms with Gasteiger partial charge >= 0.3 is 18.1 Å². The molecule has 109 heavy (non-hydrogen) atoms. The van der Waals surface area contributed by atoms with Gasteiger partial charge in [-0.1, -0.05) is 100 Å². The zero-order valence-electron chi connectivity index (χ0n) is 60.1. The van der Waals surface area contributed by atoms with Gasteiger partial charge in [0, 0.05) is 223 Å². The molecule has 544 valence electrons. The summed E-state index contributed by atoms with van der Waals surface area (Å²) in [7, 11) is 0. The van der Waals surface area contributed by atoms with E-state index < -0.39 is 6.10 Å². The van der Waals surface area contributed by atoms with Gasteiger partial charge in [0.2, 0.25) is 0 Å². The van der Waals surface area contributed by atoms with Crippen LogP contribution in [0.25, 0.3) is 110 Å². The summed E-state index contributed by atoms with van der Waals surface area (Å²) in [6.45, 7) is 8.07. The molecule has 23 nitrogen and oxygen atoms in total. The molecule has 0 radical (unpaired) electrons. The summed E-state index contributed by atoms with van der Waals surface area (Å²) in [5.41, 5.74) is 15.3. The minimum Gasteiger partial charge on any atom is -0.384 e. The summed E-state index contributed by atoms with van der Waals surface area (Å²) in [5, 5.41) is 26.1. The molecular formula is C86H78N16O7. The number of aliphatic hydroxyl groups excluding tert-OH is 1. The molecule has 0 aliphatic rings. The predicted octanol–water partition coefficient (Wildman–Crippen LogP) is 17.2. The molecule has 23 heteroatoms. The maximum atomic E-state index is 13.6. The second-order valence-electron chi connectivity index (χ2n) is 25.6. The highest BCUT2D eigenvalue weighted by atomic mass is 16.3. The lowest BCUT2D eigenvalue weighted by atomic mass is 9.97. The molecule has 1 atom stereocenters. The van der Waals surface area contributed by atoms with Gasteiger partial charge in [-0.05, 0) is 116 Å². The van der Waals surface area contributed by atoms with Crippen molar-refractivity contribution in [2.75, 3.05) is 19.6 Å². The Hall–Kier alpha value is -14.1. The largest absolute Gasteiger partial charge is 0.384 e. The summed E-state index contributed by atoms with van der Waals surface area (Å²) in [6.07, 6.45) is 34.0. The highest BCUT2D eigenvalue weighted by Crippen LogP contribution is 2.36. The highest BCUT2D eigenvalue weighted by Gasteiger charge is 2.23. The van der Waals surface area contributed by atoms with E-state index in [4.69, 9.17) is 0 Å². The number of ketones is 1. The normalized spacial score (nSPS) is 11.2. The topological polar surface area (TPSA) is 314 Å². The first-order valence-electron chi connectivity index (χ1n) is 35.9. The number of rotatable bonds is 17. The van der Waals surface area contributed by atoms with Crippen LogP contribution in [-0.4, -0.2) is 125 Å². The van der Waals surface area contributed by atoms with E-state index in [2.05, 4.69) is 85.7 Å². The maximum absolute atomic E-state index is 13.6. The average Bonchev–Trinajstić information content (AvgIpc) is 1.65. The zero-order chi connectivity index (χ0) is 75.6. The number of nitrogens with zero attached hydrogens (tertiary/aromatic N) is 9. The summed E-state index contributed by atoms with van der Waals surface area (Å²) < 4.78 is 4.68. The molecule has 1 unspecified atom stereocenters. The predicted molar refractivity (Wildman–Crippen MR) is 427 cm³/mol. The van der Waals surface area contributed by atoms with Crippen LogP contribution in [0.2, 0.25) is 0 Å². The first-order chi connectivity index (χ1) is 53.5. The van der Waals surface area contributed by atoms with Crippen molar-refractivity contribution in [1.29, 1.82) is 0 Å². The number of aldehydes is 2. The smallest absolute Gasteiger partial charge is 0.326 e. The number of H-pyrrole nitrogens is 4. The number of aromatic nitrogens is 13. The van der Waals surface area contributed by atoms with Crippen LogP contribution in [-0.2, 0) is 0 Å². The van der Waals surface area contributed by atoms with Gasteiger partial charge in [-0.2, -0.15) is 0 Å². The quantitative estimate of drug-likeness (QED) is 0.0239. The molecule has 17 aromatic rings. The van der Waals surface area contributed by atoms with Gasteiger partial charge in [0.05, 0.1) is 16.6 Å². The summed E-state index contributed by atoms with van der Waals surface area (Å²) in [4.78, 5) is 110. The Morgan fingerprint density at radius 3 is 1.50 bits per heavy atom. The van der Waals surface area contributed by atoms with Crippen LogP contribution in [0.4, 0.5) is 14.4 Å². The van der Waals surface area contributed by atoms with Gasteiger partial charge in [0.15, 0.2) is 18.4 Å². The van der Waals surface area contributed by atoms with Crippen LogP contribution in [0.5, 0.6) is 0 Å². The van der Waals surface area contributed by atoms with Gasteiger partial charge < -0.3 is 41.0 Å². The first kappa shape index (κ1) is 73.3. The number of nitrogens with one attached hydrogen (secondary N) is 7. The van der Waals surface area contributed by atoms with E-state index >= 15 is 0 Å². The first-order valence-corrected chi connectivity index (χ1v) is 35.9. The van der Waals surface area contributed by atoms with E-state index in [-0.39, 0.29) is 23.9 Å². The molecule has 13 aromatic heterocycles. The molecule has 17 rings (SSSR count). The molecule has 3 amide bonds. The summed E-state index contributed by atoms with van der Waals surface area (Å²) in [5.74, 6) is -0.124. The Kier molecular flexibility index (Phi) is 23.3. The third-order valence-corrected chi connectivity index (χ3v) is 18.5.